The third kappa shape index (κ3) is 6.72. The number of carbonyl (C=O) groups is 2. The van der Waals surface area contributed by atoms with Crippen LogP contribution in [0.1, 0.15) is 25.5 Å². The van der Waals surface area contributed by atoms with Gasteiger partial charge in [-0.3, -0.25) is 9.59 Å². The molecule has 0 fully saturated rings. The average molecular weight is 478 g/mol. The SMILES string of the molecule is CC(=O)NCc1ccc(-c2csc(NC(=O)CCCOc3cccc(Br)c3)n2)o1. The van der Waals surface area contributed by atoms with E-state index in [0.29, 0.717) is 48.3 Å². The van der Waals surface area contributed by atoms with Crippen LogP contribution in [0.25, 0.3) is 11.5 Å². The highest BCUT2D eigenvalue weighted by atomic mass is 79.9. The zero-order chi connectivity index (χ0) is 20.6. The minimum absolute atomic E-state index is 0.116. The Morgan fingerprint density at radius 3 is 2.93 bits per heavy atom. The van der Waals surface area contributed by atoms with Gasteiger partial charge in [-0.1, -0.05) is 22.0 Å². The molecule has 9 heteroatoms. The Morgan fingerprint density at radius 2 is 2.14 bits per heavy atom. The molecule has 3 aromatic rings. The van der Waals surface area contributed by atoms with Gasteiger partial charge in [-0.15, -0.1) is 11.3 Å². The first kappa shape index (κ1) is 21.1. The van der Waals surface area contributed by atoms with E-state index >= 15 is 0 Å². The average Bonchev–Trinajstić information content (AvgIpc) is 3.33. The molecule has 0 aliphatic heterocycles. The molecule has 0 atom stereocenters. The van der Waals surface area contributed by atoms with Gasteiger partial charge >= 0.3 is 0 Å². The molecule has 2 aromatic heterocycles. The fraction of sp³-hybridized carbons (Fsp3) is 0.250. The molecule has 0 aliphatic carbocycles. The van der Waals surface area contributed by atoms with Gasteiger partial charge in [0, 0.05) is 23.2 Å². The maximum atomic E-state index is 12.1. The second kappa shape index (κ2) is 10.2. The number of furan rings is 1. The molecule has 0 saturated carbocycles. The smallest absolute Gasteiger partial charge is 0.226 e. The summed E-state index contributed by atoms with van der Waals surface area (Å²) in [6.07, 6.45) is 0.936. The lowest BCUT2D eigenvalue weighted by Crippen LogP contribution is -2.18. The number of carbonyl (C=O) groups excluding carboxylic acids is 2. The summed E-state index contributed by atoms with van der Waals surface area (Å²) in [6, 6.07) is 11.2. The van der Waals surface area contributed by atoms with Crippen molar-refractivity contribution in [2.24, 2.45) is 0 Å². The van der Waals surface area contributed by atoms with E-state index in [1.807, 2.05) is 29.6 Å². The number of thiazole rings is 1. The summed E-state index contributed by atoms with van der Waals surface area (Å²) < 4.78 is 12.2. The second-order valence-electron chi connectivity index (χ2n) is 6.17. The summed E-state index contributed by atoms with van der Waals surface area (Å²) in [7, 11) is 0. The van der Waals surface area contributed by atoms with E-state index in [-0.39, 0.29) is 11.8 Å². The number of hydrogen-bond donors (Lipinski definition) is 2. The molecule has 0 aliphatic rings. The van der Waals surface area contributed by atoms with Crippen LogP contribution in [0.15, 0.2) is 50.7 Å². The molecule has 0 saturated heterocycles. The van der Waals surface area contributed by atoms with Crippen molar-refractivity contribution in [3.63, 3.8) is 0 Å². The lowest BCUT2D eigenvalue weighted by molar-refractivity contribution is -0.119. The highest BCUT2D eigenvalue weighted by molar-refractivity contribution is 9.10. The monoisotopic (exact) mass is 477 g/mol. The third-order valence-corrected chi connectivity index (χ3v) is 5.04. The molecule has 0 unspecified atom stereocenters. The number of hydrogen-bond acceptors (Lipinski definition) is 6. The van der Waals surface area contributed by atoms with Crippen LogP contribution in [-0.4, -0.2) is 23.4 Å². The number of benzene rings is 1. The van der Waals surface area contributed by atoms with Gasteiger partial charge in [0.1, 0.15) is 17.2 Å². The lowest BCUT2D eigenvalue weighted by Gasteiger charge is -2.06. The minimum atomic E-state index is -0.122. The number of anilines is 1. The molecule has 7 nitrogen and oxygen atoms in total. The third-order valence-electron chi connectivity index (χ3n) is 3.79. The second-order valence-corrected chi connectivity index (χ2v) is 7.94. The molecular weight excluding hydrogens is 458 g/mol. The molecule has 0 spiro atoms. The summed E-state index contributed by atoms with van der Waals surface area (Å²) in [5.74, 6) is 1.75. The number of nitrogens with zero attached hydrogens (tertiary/aromatic N) is 1. The number of ether oxygens (including phenoxy) is 1. The number of rotatable bonds is 9. The minimum Gasteiger partial charge on any atom is -0.494 e. The Bertz CT molecular complexity index is 986. The van der Waals surface area contributed by atoms with Crippen molar-refractivity contribution >= 4 is 44.2 Å². The Kier molecular flexibility index (Phi) is 7.42. The number of aromatic nitrogens is 1. The topological polar surface area (TPSA) is 93.5 Å². The Balaban J connectivity index is 1.43. The van der Waals surface area contributed by atoms with Crippen molar-refractivity contribution in [2.45, 2.75) is 26.3 Å². The van der Waals surface area contributed by atoms with Gasteiger partial charge in [-0.25, -0.2) is 4.98 Å². The normalized spacial score (nSPS) is 10.6. The zero-order valence-corrected chi connectivity index (χ0v) is 18.1. The van der Waals surface area contributed by atoms with Gasteiger partial charge in [0.05, 0.1) is 13.2 Å². The van der Waals surface area contributed by atoms with Crippen LogP contribution < -0.4 is 15.4 Å². The standard InChI is InChI=1S/C20H20BrN3O4S/c1-13(25)22-11-16-7-8-18(28-16)17-12-29-20(23-17)24-19(26)6-3-9-27-15-5-2-4-14(21)10-15/h2,4-5,7-8,10,12H,3,6,9,11H2,1H3,(H,22,25)(H,23,24,26). The molecule has 2 amide bonds. The van der Waals surface area contributed by atoms with Gasteiger partial charge in [0.2, 0.25) is 11.8 Å². The van der Waals surface area contributed by atoms with E-state index in [1.54, 1.807) is 12.1 Å². The van der Waals surface area contributed by atoms with Crippen LogP contribution in [0.4, 0.5) is 5.13 Å². The molecule has 152 valence electrons. The summed E-state index contributed by atoms with van der Waals surface area (Å²) >= 11 is 4.72. The van der Waals surface area contributed by atoms with Crippen molar-refractivity contribution in [3.05, 3.63) is 52.0 Å². The first-order valence-corrected chi connectivity index (χ1v) is 10.6. The predicted molar refractivity (Wildman–Crippen MR) is 115 cm³/mol. The van der Waals surface area contributed by atoms with Gasteiger partial charge in [0.15, 0.2) is 10.9 Å². The molecule has 1 aromatic carbocycles. The van der Waals surface area contributed by atoms with E-state index in [4.69, 9.17) is 9.15 Å². The van der Waals surface area contributed by atoms with Gasteiger partial charge in [0.25, 0.3) is 0 Å². The Hall–Kier alpha value is -2.65. The summed E-state index contributed by atoms with van der Waals surface area (Å²) in [5, 5.41) is 7.79. The highest BCUT2D eigenvalue weighted by Crippen LogP contribution is 2.26. The fourth-order valence-electron chi connectivity index (χ4n) is 2.43. The van der Waals surface area contributed by atoms with E-state index in [0.717, 1.165) is 10.2 Å². The Labute approximate surface area is 180 Å². The van der Waals surface area contributed by atoms with Crippen LogP contribution in [0.5, 0.6) is 5.75 Å². The van der Waals surface area contributed by atoms with Gasteiger partial charge in [-0.05, 0) is 36.8 Å². The van der Waals surface area contributed by atoms with Crippen molar-refractivity contribution in [3.8, 4) is 17.2 Å². The van der Waals surface area contributed by atoms with Crippen molar-refractivity contribution in [2.75, 3.05) is 11.9 Å². The van der Waals surface area contributed by atoms with Crippen LogP contribution >= 0.6 is 27.3 Å². The van der Waals surface area contributed by atoms with Gasteiger partial charge in [-0.2, -0.15) is 0 Å². The van der Waals surface area contributed by atoms with E-state index < -0.39 is 0 Å². The van der Waals surface area contributed by atoms with Crippen molar-refractivity contribution in [1.82, 2.24) is 10.3 Å². The molecular formula is C20H20BrN3O4S. The zero-order valence-electron chi connectivity index (χ0n) is 15.7. The summed E-state index contributed by atoms with van der Waals surface area (Å²) in [6.45, 7) is 2.23. The maximum absolute atomic E-state index is 12.1. The first-order chi connectivity index (χ1) is 14.0. The highest BCUT2D eigenvalue weighted by Gasteiger charge is 2.11. The van der Waals surface area contributed by atoms with Crippen LogP contribution in [0, 0.1) is 0 Å². The summed E-state index contributed by atoms with van der Waals surface area (Å²) in [5.41, 5.74) is 0.636. The van der Waals surface area contributed by atoms with Crippen LogP contribution in [0.2, 0.25) is 0 Å². The number of nitrogens with one attached hydrogen (secondary N) is 2. The predicted octanol–water partition coefficient (Wildman–Crippen LogP) is 4.60. The quantitative estimate of drug-likeness (QED) is 0.439. The van der Waals surface area contributed by atoms with Crippen molar-refractivity contribution in [1.29, 1.82) is 0 Å². The molecule has 2 heterocycles. The number of halogens is 1. The van der Waals surface area contributed by atoms with Crippen molar-refractivity contribution < 1.29 is 18.7 Å². The molecule has 0 bridgehead atoms. The molecule has 3 rings (SSSR count). The van der Waals surface area contributed by atoms with Crippen LogP contribution in [-0.2, 0) is 16.1 Å². The first-order valence-electron chi connectivity index (χ1n) is 8.97. The van der Waals surface area contributed by atoms with Crippen LogP contribution in [0.3, 0.4) is 0 Å². The lowest BCUT2D eigenvalue weighted by atomic mass is 10.3. The maximum Gasteiger partial charge on any atom is 0.226 e. The number of amides is 2. The molecule has 0 radical (unpaired) electrons. The Morgan fingerprint density at radius 1 is 1.28 bits per heavy atom. The largest absolute Gasteiger partial charge is 0.494 e. The van der Waals surface area contributed by atoms with E-state index in [2.05, 4.69) is 31.5 Å². The molecule has 2 N–H and O–H groups in total. The van der Waals surface area contributed by atoms with E-state index in [1.165, 1.54) is 18.3 Å². The fourth-order valence-corrected chi connectivity index (χ4v) is 3.52. The van der Waals surface area contributed by atoms with Gasteiger partial charge < -0.3 is 19.8 Å². The molecule has 29 heavy (non-hydrogen) atoms. The van der Waals surface area contributed by atoms with E-state index in [9.17, 15) is 9.59 Å². The summed E-state index contributed by atoms with van der Waals surface area (Å²) in [4.78, 5) is 27.5.